The summed E-state index contributed by atoms with van der Waals surface area (Å²) in [5, 5.41) is 3.02. The van der Waals surface area contributed by atoms with E-state index < -0.39 is 11.7 Å². The highest BCUT2D eigenvalue weighted by atomic mass is 19.4. The summed E-state index contributed by atoms with van der Waals surface area (Å²) in [6.45, 7) is 7.60. The number of carbonyl (C=O) groups excluding carboxylic acids is 1. The number of halogens is 3. The Hall–Kier alpha value is -2.54. The number of amides is 1. The van der Waals surface area contributed by atoms with Crippen LogP contribution >= 0.6 is 0 Å². The van der Waals surface area contributed by atoms with Gasteiger partial charge in [-0.05, 0) is 41.7 Å². The molecule has 0 bridgehead atoms. The molecule has 2 heterocycles. The number of nitrogens with zero attached hydrogens (tertiary/aromatic N) is 2. The third kappa shape index (κ3) is 4.93. The van der Waals surface area contributed by atoms with E-state index in [1.54, 1.807) is 6.07 Å². The molecule has 0 unspecified atom stereocenters. The van der Waals surface area contributed by atoms with Gasteiger partial charge in [0.1, 0.15) is 0 Å². The maximum atomic E-state index is 13.3. The number of piperazine rings is 1. The van der Waals surface area contributed by atoms with Gasteiger partial charge < -0.3 is 10.2 Å². The zero-order valence-corrected chi connectivity index (χ0v) is 18.5. The molecule has 2 aromatic carbocycles. The van der Waals surface area contributed by atoms with Crippen molar-refractivity contribution < 1.29 is 18.0 Å². The number of benzene rings is 2. The minimum absolute atomic E-state index is 0.0659. The summed E-state index contributed by atoms with van der Waals surface area (Å²) in [7, 11) is 0. The molecule has 2 atom stereocenters. The van der Waals surface area contributed by atoms with Crippen LogP contribution in [0.5, 0.6) is 0 Å². The van der Waals surface area contributed by atoms with Crippen molar-refractivity contribution in [1.29, 1.82) is 0 Å². The molecule has 1 saturated heterocycles. The van der Waals surface area contributed by atoms with Crippen molar-refractivity contribution >= 4 is 11.6 Å². The van der Waals surface area contributed by atoms with Gasteiger partial charge in [-0.25, -0.2) is 0 Å². The molecule has 1 fully saturated rings. The fraction of sp³-hybridized carbons (Fsp3) is 0.480. The normalized spacial score (nSPS) is 21.2. The second-order valence-electron chi connectivity index (χ2n) is 9.27. The Kier molecular flexibility index (Phi) is 6.47. The number of hydrogen-bond acceptors (Lipinski definition) is 3. The van der Waals surface area contributed by atoms with Gasteiger partial charge in [-0.3, -0.25) is 9.69 Å². The molecule has 2 aliphatic heterocycles. The predicted molar refractivity (Wildman–Crippen MR) is 119 cm³/mol. The van der Waals surface area contributed by atoms with Crippen LogP contribution in [0.15, 0.2) is 48.5 Å². The van der Waals surface area contributed by atoms with Crippen LogP contribution in [0.4, 0.5) is 18.9 Å². The lowest BCUT2D eigenvalue weighted by Gasteiger charge is -2.49. The Morgan fingerprint density at radius 1 is 1.12 bits per heavy atom. The second-order valence-corrected chi connectivity index (χ2v) is 9.27. The first-order valence-corrected chi connectivity index (χ1v) is 11.2. The molecule has 32 heavy (non-hydrogen) atoms. The van der Waals surface area contributed by atoms with E-state index in [0.29, 0.717) is 37.5 Å². The van der Waals surface area contributed by atoms with E-state index in [-0.39, 0.29) is 17.9 Å². The molecule has 2 aliphatic rings. The predicted octanol–water partition coefficient (Wildman–Crippen LogP) is 4.34. The third-order valence-corrected chi connectivity index (χ3v) is 6.39. The van der Waals surface area contributed by atoms with E-state index >= 15 is 0 Å². The van der Waals surface area contributed by atoms with Crippen molar-refractivity contribution in [1.82, 2.24) is 10.2 Å². The first-order chi connectivity index (χ1) is 15.2. The van der Waals surface area contributed by atoms with Gasteiger partial charge in [-0.2, -0.15) is 13.2 Å². The van der Waals surface area contributed by atoms with E-state index in [4.69, 9.17) is 0 Å². The van der Waals surface area contributed by atoms with Crippen LogP contribution in [0.25, 0.3) is 0 Å². The van der Waals surface area contributed by atoms with E-state index in [1.165, 1.54) is 11.6 Å². The van der Waals surface area contributed by atoms with Gasteiger partial charge in [0.25, 0.3) is 0 Å². The van der Waals surface area contributed by atoms with Gasteiger partial charge in [0.15, 0.2) is 0 Å². The molecule has 0 saturated carbocycles. The quantitative estimate of drug-likeness (QED) is 0.744. The maximum absolute atomic E-state index is 13.3. The van der Waals surface area contributed by atoms with Crippen LogP contribution < -0.4 is 10.2 Å². The minimum Gasteiger partial charge on any atom is -0.365 e. The number of hydrogen-bond donors (Lipinski definition) is 1. The lowest BCUT2D eigenvalue weighted by molar-refractivity contribution is -0.137. The number of nitrogens with one attached hydrogen (secondary N) is 1. The number of fused-ring (bicyclic) bond motifs is 3. The highest BCUT2D eigenvalue weighted by Crippen LogP contribution is 2.39. The minimum atomic E-state index is -4.39. The molecule has 172 valence electrons. The van der Waals surface area contributed by atoms with Crippen molar-refractivity contribution in [2.24, 2.45) is 11.8 Å². The molecule has 1 amide bonds. The Morgan fingerprint density at radius 2 is 1.88 bits per heavy atom. The number of rotatable bonds is 5. The number of alkyl halides is 3. The zero-order chi connectivity index (χ0) is 22.9. The van der Waals surface area contributed by atoms with Crippen molar-refractivity contribution in [3.63, 3.8) is 0 Å². The Bertz CT molecular complexity index is 945. The van der Waals surface area contributed by atoms with Crippen LogP contribution in [0, 0.1) is 11.8 Å². The van der Waals surface area contributed by atoms with Crippen LogP contribution in [0.2, 0.25) is 0 Å². The van der Waals surface area contributed by atoms with E-state index in [1.807, 2.05) is 32.0 Å². The Labute approximate surface area is 187 Å². The summed E-state index contributed by atoms with van der Waals surface area (Å²) in [6.07, 6.45) is -4.07. The highest BCUT2D eigenvalue weighted by molar-refractivity contribution is 5.82. The lowest BCUT2D eigenvalue weighted by Crippen LogP contribution is -2.61. The zero-order valence-electron chi connectivity index (χ0n) is 18.5. The SMILES string of the molecule is CC(C)CNC(=O)[C@@H]1Cc2cc(C(F)(F)F)ccc2N2CCN(Cc3ccccc3)C[C@H]12. The summed E-state index contributed by atoms with van der Waals surface area (Å²) in [6, 6.07) is 14.1. The molecule has 0 aliphatic carbocycles. The van der Waals surface area contributed by atoms with E-state index in [2.05, 4.69) is 27.2 Å². The molecule has 0 radical (unpaired) electrons. The summed E-state index contributed by atoms with van der Waals surface area (Å²) in [5.74, 6) is -0.148. The van der Waals surface area contributed by atoms with Crippen molar-refractivity contribution in [2.45, 2.75) is 39.0 Å². The largest absolute Gasteiger partial charge is 0.416 e. The molecule has 0 spiro atoms. The Balaban J connectivity index is 1.61. The van der Waals surface area contributed by atoms with Crippen LogP contribution in [-0.2, 0) is 23.9 Å². The molecule has 0 aromatic heterocycles. The average Bonchev–Trinajstić information content (AvgIpc) is 2.76. The monoisotopic (exact) mass is 445 g/mol. The van der Waals surface area contributed by atoms with Gasteiger partial charge in [0, 0.05) is 38.4 Å². The second kappa shape index (κ2) is 9.14. The van der Waals surface area contributed by atoms with Crippen LogP contribution in [-0.4, -0.2) is 43.0 Å². The maximum Gasteiger partial charge on any atom is 0.416 e. The van der Waals surface area contributed by atoms with Crippen molar-refractivity contribution in [2.75, 3.05) is 31.1 Å². The molecular weight excluding hydrogens is 415 g/mol. The fourth-order valence-corrected chi connectivity index (χ4v) is 4.78. The lowest BCUT2D eigenvalue weighted by atomic mass is 9.82. The van der Waals surface area contributed by atoms with E-state index in [0.717, 1.165) is 24.8 Å². The molecule has 4 nitrogen and oxygen atoms in total. The summed E-state index contributed by atoms with van der Waals surface area (Å²) in [5.41, 5.74) is 2.00. The topological polar surface area (TPSA) is 35.6 Å². The number of anilines is 1. The summed E-state index contributed by atoms with van der Waals surface area (Å²) in [4.78, 5) is 17.6. The van der Waals surface area contributed by atoms with Crippen molar-refractivity contribution in [3.05, 3.63) is 65.2 Å². The van der Waals surface area contributed by atoms with Gasteiger partial charge in [0.05, 0.1) is 17.5 Å². The summed E-state index contributed by atoms with van der Waals surface area (Å²) < 4.78 is 39.9. The van der Waals surface area contributed by atoms with E-state index in [9.17, 15) is 18.0 Å². The third-order valence-electron chi connectivity index (χ3n) is 6.39. The molecule has 7 heteroatoms. The van der Waals surface area contributed by atoms with Gasteiger partial charge in [0.2, 0.25) is 5.91 Å². The van der Waals surface area contributed by atoms with Crippen LogP contribution in [0.1, 0.15) is 30.5 Å². The molecule has 4 rings (SSSR count). The average molecular weight is 446 g/mol. The molecule has 1 N–H and O–H groups in total. The first-order valence-electron chi connectivity index (χ1n) is 11.2. The van der Waals surface area contributed by atoms with Crippen LogP contribution in [0.3, 0.4) is 0 Å². The Morgan fingerprint density at radius 3 is 2.56 bits per heavy atom. The van der Waals surface area contributed by atoms with Gasteiger partial charge in [-0.15, -0.1) is 0 Å². The first kappa shape index (κ1) is 22.6. The number of carbonyl (C=O) groups is 1. The van der Waals surface area contributed by atoms with Gasteiger partial charge >= 0.3 is 6.18 Å². The highest BCUT2D eigenvalue weighted by Gasteiger charge is 2.42. The molecule has 2 aromatic rings. The van der Waals surface area contributed by atoms with Gasteiger partial charge in [-0.1, -0.05) is 44.2 Å². The fourth-order valence-electron chi connectivity index (χ4n) is 4.78. The smallest absolute Gasteiger partial charge is 0.365 e. The van der Waals surface area contributed by atoms with Crippen molar-refractivity contribution in [3.8, 4) is 0 Å². The molecular formula is C25H30F3N3O. The summed E-state index contributed by atoms with van der Waals surface area (Å²) >= 11 is 0. The standard InChI is InChI=1S/C25H30F3N3O/c1-17(2)14-29-24(32)21-13-19-12-20(25(26,27)28)8-9-22(19)31-11-10-30(16-23(21)31)15-18-6-4-3-5-7-18/h3-9,12,17,21,23H,10-11,13-16H2,1-2H3,(H,29,32)/t21-,23-/m1/s1.